The average Bonchev–Trinajstić information content (AvgIpc) is 2.98. The van der Waals surface area contributed by atoms with E-state index in [0.29, 0.717) is 28.6 Å². The third-order valence-electron chi connectivity index (χ3n) is 5.86. The summed E-state index contributed by atoms with van der Waals surface area (Å²) >= 11 is 0. The van der Waals surface area contributed by atoms with Gasteiger partial charge in [0.05, 0.1) is 13.7 Å². The molecule has 1 aliphatic heterocycles. The molecule has 0 spiro atoms. The zero-order valence-corrected chi connectivity index (χ0v) is 17.3. The van der Waals surface area contributed by atoms with Crippen LogP contribution in [-0.2, 0) is 16.1 Å². The molecule has 1 aromatic carbocycles. The summed E-state index contributed by atoms with van der Waals surface area (Å²) in [6, 6.07) is 4.99. The summed E-state index contributed by atoms with van der Waals surface area (Å²) in [4.78, 5) is 37.8. The molecule has 2 aliphatic rings. The number of benzene rings is 1. The van der Waals surface area contributed by atoms with Crippen LogP contribution in [0.1, 0.15) is 50.5 Å². The molecule has 0 radical (unpaired) electrons. The smallest absolute Gasteiger partial charge is 0.440 e. The van der Waals surface area contributed by atoms with Crippen molar-refractivity contribution in [3.05, 3.63) is 29.8 Å². The van der Waals surface area contributed by atoms with Crippen molar-refractivity contribution in [2.24, 2.45) is 5.92 Å². The molecule has 4 amide bonds. The molecule has 1 heterocycles. The molecule has 10 heteroatoms. The van der Waals surface area contributed by atoms with Crippen LogP contribution in [-0.4, -0.2) is 41.7 Å². The first-order valence-corrected chi connectivity index (χ1v) is 10.3. The molecular weight excluding hydrogens is 415 g/mol. The van der Waals surface area contributed by atoms with Crippen molar-refractivity contribution in [2.45, 2.75) is 63.3 Å². The highest BCUT2D eigenvalue weighted by atomic mass is 19.4. The van der Waals surface area contributed by atoms with Crippen molar-refractivity contribution in [1.29, 1.82) is 0 Å². The minimum Gasteiger partial charge on any atom is -0.497 e. The van der Waals surface area contributed by atoms with E-state index in [0.717, 1.165) is 32.1 Å². The Balaban J connectivity index is 1.71. The quantitative estimate of drug-likeness (QED) is 0.635. The number of rotatable bonds is 7. The summed E-state index contributed by atoms with van der Waals surface area (Å²) < 4.78 is 46.8. The molecule has 1 aliphatic carbocycles. The number of urea groups is 1. The van der Waals surface area contributed by atoms with Gasteiger partial charge in [-0.25, -0.2) is 4.79 Å². The van der Waals surface area contributed by atoms with Gasteiger partial charge in [0.15, 0.2) is 0 Å². The zero-order chi connectivity index (χ0) is 22.6. The average molecular weight is 441 g/mol. The minimum atomic E-state index is -5.20. The van der Waals surface area contributed by atoms with Crippen LogP contribution in [0.3, 0.4) is 0 Å². The van der Waals surface area contributed by atoms with Gasteiger partial charge in [-0.05, 0) is 30.0 Å². The summed E-state index contributed by atoms with van der Waals surface area (Å²) in [5, 5.41) is 3.45. The Morgan fingerprint density at radius 1 is 1.19 bits per heavy atom. The van der Waals surface area contributed by atoms with E-state index in [1.807, 2.05) is 0 Å². The molecule has 31 heavy (non-hydrogen) atoms. The molecule has 2 fully saturated rings. The molecule has 1 saturated carbocycles. The SMILES string of the molecule is COc1ccc(CN2C(=O)N[C@](NC(=O)CCC3CCCCC3)(C(F)(F)F)C2=O)cc1. The Labute approximate surface area is 178 Å². The van der Waals surface area contributed by atoms with E-state index < -0.39 is 29.7 Å². The maximum Gasteiger partial charge on any atom is 0.440 e. The maximum absolute atomic E-state index is 13.9. The number of nitrogens with zero attached hydrogens (tertiary/aromatic N) is 1. The second-order valence-corrected chi connectivity index (χ2v) is 8.01. The highest BCUT2D eigenvalue weighted by Crippen LogP contribution is 2.35. The predicted molar refractivity (Wildman–Crippen MR) is 105 cm³/mol. The van der Waals surface area contributed by atoms with Gasteiger partial charge in [0, 0.05) is 6.42 Å². The summed E-state index contributed by atoms with van der Waals surface area (Å²) in [6.07, 6.45) is 0.244. The molecule has 1 atom stereocenters. The van der Waals surface area contributed by atoms with Crippen LogP contribution in [0, 0.1) is 5.92 Å². The van der Waals surface area contributed by atoms with Crippen LogP contribution >= 0.6 is 0 Å². The lowest BCUT2D eigenvalue weighted by atomic mass is 9.86. The maximum atomic E-state index is 13.9. The molecule has 0 aromatic heterocycles. The number of alkyl halides is 3. The second-order valence-electron chi connectivity index (χ2n) is 8.01. The van der Waals surface area contributed by atoms with Crippen molar-refractivity contribution in [3.8, 4) is 5.75 Å². The lowest BCUT2D eigenvalue weighted by molar-refractivity contribution is -0.204. The van der Waals surface area contributed by atoms with Crippen molar-refractivity contribution in [3.63, 3.8) is 0 Å². The summed E-state index contributed by atoms with van der Waals surface area (Å²) in [6.45, 7) is -0.371. The molecule has 1 aromatic rings. The van der Waals surface area contributed by atoms with Crippen molar-refractivity contribution < 1.29 is 32.3 Å². The Hall–Kier alpha value is -2.78. The summed E-state index contributed by atoms with van der Waals surface area (Å²) in [5.41, 5.74) is -3.02. The number of methoxy groups -OCH3 is 1. The van der Waals surface area contributed by atoms with Crippen molar-refractivity contribution in [2.75, 3.05) is 7.11 Å². The van der Waals surface area contributed by atoms with Gasteiger partial charge >= 0.3 is 12.2 Å². The lowest BCUT2D eigenvalue weighted by Crippen LogP contribution is -2.69. The Bertz CT molecular complexity index is 822. The van der Waals surface area contributed by atoms with E-state index >= 15 is 0 Å². The molecule has 1 saturated heterocycles. The first-order chi connectivity index (χ1) is 14.7. The minimum absolute atomic E-state index is 0.135. The molecule has 170 valence electrons. The van der Waals surface area contributed by atoms with Gasteiger partial charge < -0.3 is 10.1 Å². The standard InChI is InChI=1S/C21H26F3N3O4/c1-31-16-10-7-15(8-11-16)13-27-18(29)20(21(22,23)24,26-19(27)30)25-17(28)12-9-14-5-3-2-4-6-14/h7-8,10-11,14H,2-6,9,12-13H2,1H3,(H,25,28)(H,26,30)/t20-/m0/s1. The second kappa shape index (κ2) is 9.15. The Morgan fingerprint density at radius 2 is 1.84 bits per heavy atom. The number of imide groups is 1. The highest BCUT2D eigenvalue weighted by molar-refractivity contribution is 6.08. The van der Waals surface area contributed by atoms with E-state index in [-0.39, 0.29) is 13.0 Å². The summed E-state index contributed by atoms with van der Waals surface area (Å²) in [5.74, 6) is -1.65. The lowest BCUT2D eigenvalue weighted by Gasteiger charge is -2.30. The zero-order valence-electron chi connectivity index (χ0n) is 17.3. The summed E-state index contributed by atoms with van der Waals surface area (Å²) in [7, 11) is 1.46. The number of amides is 4. The number of hydrogen-bond donors (Lipinski definition) is 2. The van der Waals surface area contributed by atoms with Crippen LogP contribution in [0.2, 0.25) is 0 Å². The topological polar surface area (TPSA) is 87.7 Å². The van der Waals surface area contributed by atoms with Crippen molar-refractivity contribution >= 4 is 17.8 Å². The number of carbonyl (C=O) groups is 3. The normalized spacial score (nSPS) is 22.4. The van der Waals surface area contributed by atoms with E-state index in [4.69, 9.17) is 4.74 Å². The van der Waals surface area contributed by atoms with E-state index in [2.05, 4.69) is 0 Å². The first kappa shape index (κ1) is 22.9. The van der Waals surface area contributed by atoms with Gasteiger partial charge in [0.25, 0.3) is 11.6 Å². The highest BCUT2D eigenvalue weighted by Gasteiger charge is 2.68. The Morgan fingerprint density at radius 3 is 2.42 bits per heavy atom. The van der Waals surface area contributed by atoms with Gasteiger partial charge in [-0.3, -0.25) is 19.8 Å². The number of halogens is 3. The molecule has 0 unspecified atom stereocenters. The van der Waals surface area contributed by atoms with Crippen LogP contribution in [0.25, 0.3) is 0 Å². The van der Waals surface area contributed by atoms with E-state index in [9.17, 15) is 27.6 Å². The molecule has 2 N–H and O–H groups in total. The van der Waals surface area contributed by atoms with Crippen LogP contribution in [0.15, 0.2) is 24.3 Å². The van der Waals surface area contributed by atoms with Crippen molar-refractivity contribution in [1.82, 2.24) is 15.5 Å². The predicted octanol–water partition coefficient (Wildman–Crippen LogP) is 3.48. The van der Waals surface area contributed by atoms with Gasteiger partial charge in [-0.15, -0.1) is 0 Å². The van der Waals surface area contributed by atoms with Gasteiger partial charge in [0.2, 0.25) is 5.91 Å². The monoisotopic (exact) mass is 441 g/mol. The van der Waals surface area contributed by atoms with Crippen LogP contribution in [0.4, 0.5) is 18.0 Å². The fourth-order valence-corrected chi connectivity index (χ4v) is 4.06. The number of nitrogens with one attached hydrogen (secondary N) is 2. The molecule has 7 nitrogen and oxygen atoms in total. The largest absolute Gasteiger partial charge is 0.497 e. The third kappa shape index (κ3) is 4.94. The fourth-order valence-electron chi connectivity index (χ4n) is 4.06. The van der Waals surface area contributed by atoms with E-state index in [1.54, 1.807) is 22.8 Å². The van der Waals surface area contributed by atoms with E-state index in [1.165, 1.54) is 19.2 Å². The van der Waals surface area contributed by atoms with Gasteiger partial charge in [-0.2, -0.15) is 13.2 Å². The molecular formula is C21H26F3N3O4. The Kier molecular flexibility index (Phi) is 6.76. The molecule has 0 bridgehead atoms. The van der Waals surface area contributed by atoms with Crippen LogP contribution in [0.5, 0.6) is 5.75 Å². The third-order valence-corrected chi connectivity index (χ3v) is 5.86. The number of hydrogen-bond acceptors (Lipinski definition) is 4. The van der Waals surface area contributed by atoms with Gasteiger partial charge in [0.1, 0.15) is 5.75 Å². The number of carbonyl (C=O) groups excluding carboxylic acids is 3. The molecule has 3 rings (SSSR count). The first-order valence-electron chi connectivity index (χ1n) is 10.3. The van der Waals surface area contributed by atoms with Crippen LogP contribution < -0.4 is 15.4 Å². The fraction of sp³-hybridized carbons (Fsp3) is 0.571. The van der Waals surface area contributed by atoms with Gasteiger partial charge in [-0.1, -0.05) is 44.2 Å². The number of ether oxygens (including phenoxy) is 1.